The van der Waals surface area contributed by atoms with Gasteiger partial charge in [0.2, 0.25) is 0 Å². The SMILES string of the molecule is O=C(O)c1nnn(CC2CCCC2)c1C1CCNCC1. The Morgan fingerprint density at radius 3 is 2.60 bits per heavy atom. The monoisotopic (exact) mass is 278 g/mol. The van der Waals surface area contributed by atoms with Gasteiger partial charge in [-0.25, -0.2) is 9.48 Å². The molecule has 2 aliphatic rings. The van der Waals surface area contributed by atoms with Gasteiger partial charge < -0.3 is 10.4 Å². The second-order valence-corrected chi connectivity index (χ2v) is 5.99. The van der Waals surface area contributed by atoms with Gasteiger partial charge in [0.05, 0.1) is 5.69 Å². The van der Waals surface area contributed by atoms with Crippen LogP contribution >= 0.6 is 0 Å². The standard InChI is InChI=1S/C14H22N4O2/c19-14(20)12-13(11-5-7-15-8-6-11)18(17-16-12)9-10-3-1-2-4-10/h10-11,15H,1-9H2,(H,19,20). The number of hydrogen-bond acceptors (Lipinski definition) is 4. The van der Waals surface area contributed by atoms with Crippen LogP contribution in [-0.2, 0) is 6.54 Å². The smallest absolute Gasteiger partial charge is 0.358 e. The summed E-state index contributed by atoms with van der Waals surface area (Å²) in [6.07, 6.45) is 6.97. The molecule has 0 bridgehead atoms. The normalized spacial score (nSPS) is 21.4. The Morgan fingerprint density at radius 1 is 1.25 bits per heavy atom. The Labute approximate surface area is 118 Å². The molecule has 2 heterocycles. The minimum absolute atomic E-state index is 0.162. The molecule has 1 saturated carbocycles. The highest BCUT2D eigenvalue weighted by Gasteiger charge is 2.29. The third kappa shape index (κ3) is 2.70. The van der Waals surface area contributed by atoms with Crippen molar-refractivity contribution in [1.82, 2.24) is 20.3 Å². The number of hydrogen-bond donors (Lipinski definition) is 2. The molecule has 0 spiro atoms. The minimum Gasteiger partial charge on any atom is -0.476 e. The van der Waals surface area contributed by atoms with E-state index in [0.29, 0.717) is 5.92 Å². The average molecular weight is 278 g/mol. The molecule has 1 aromatic heterocycles. The van der Waals surface area contributed by atoms with Crippen molar-refractivity contribution < 1.29 is 9.90 Å². The van der Waals surface area contributed by atoms with Crippen LogP contribution in [0.15, 0.2) is 0 Å². The number of aromatic carboxylic acids is 1. The molecule has 6 heteroatoms. The second-order valence-electron chi connectivity index (χ2n) is 5.99. The lowest BCUT2D eigenvalue weighted by Crippen LogP contribution is -2.29. The van der Waals surface area contributed by atoms with E-state index in [0.717, 1.165) is 38.2 Å². The maximum atomic E-state index is 11.4. The summed E-state index contributed by atoms with van der Waals surface area (Å²) in [5.41, 5.74) is 1.01. The third-order valence-electron chi connectivity index (χ3n) is 4.61. The summed E-state index contributed by atoms with van der Waals surface area (Å²) >= 11 is 0. The quantitative estimate of drug-likeness (QED) is 0.875. The van der Waals surface area contributed by atoms with E-state index in [1.807, 2.05) is 4.68 Å². The molecule has 0 unspecified atom stereocenters. The van der Waals surface area contributed by atoms with Crippen molar-refractivity contribution in [3.05, 3.63) is 11.4 Å². The van der Waals surface area contributed by atoms with Crippen molar-refractivity contribution in [3.63, 3.8) is 0 Å². The largest absolute Gasteiger partial charge is 0.476 e. The van der Waals surface area contributed by atoms with Gasteiger partial charge in [0.25, 0.3) is 0 Å². The molecule has 2 N–H and O–H groups in total. The van der Waals surface area contributed by atoms with Crippen molar-refractivity contribution in [3.8, 4) is 0 Å². The first-order valence-corrected chi connectivity index (χ1v) is 7.63. The maximum Gasteiger partial charge on any atom is 0.358 e. The van der Waals surface area contributed by atoms with Crippen LogP contribution in [-0.4, -0.2) is 39.2 Å². The van der Waals surface area contributed by atoms with Crippen molar-refractivity contribution in [1.29, 1.82) is 0 Å². The fourth-order valence-corrected chi connectivity index (χ4v) is 3.54. The lowest BCUT2D eigenvalue weighted by Gasteiger charge is -2.24. The minimum atomic E-state index is -0.948. The van der Waals surface area contributed by atoms with E-state index in [2.05, 4.69) is 15.6 Å². The van der Waals surface area contributed by atoms with Gasteiger partial charge in [-0.15, -0.1) is 5.10 Å². The molecule has 0 radical (unpaired) electrons. The zero-order valence-corrected chi connectivity index (χ0v) is 11.7. The van der Waals surface area contributed by atoms with E-state index in [1.165, 1.54) is 25.7 Å². The summed E-state index contributed by atoms with van der Waals surface area (Å²) in [7, 11) is 0. The van der Waals surface area contributed by atoms with E-state index < -0.39 is 5.97 Å². The first-order chi connectivity index (χ1) is 9.75. The summed E-state index contributed by atoms with van der Waals surface area (Å²) in [6.45, 7) is 2.72. The molecule has 2 fully saturated rings. The molecule has 3 rings (SSSR count). The van der Waals surface area contributed by atoms with Crippen molar-refractivity contribution in [2.45, 2.75) is 51.0 Å². The summed E-state index contributed by atoms with van der Waals surface area (Å²) in [4.78, 5) is 11.4. The number of rotatable bonds is 4. The van der Waals surface area contributed by atoms with Gasteiger partial charge in [0, 0.05) is 12.5 Å². The number of carbonyl (C=O) groups is 1. The van der Waals surface area contributed by atoms with E-state index in [-0.39, 0.29) is 11.6 Å². The van der Waals surface area contributed by atoms with Gasteiger partial charge in [-0.3, -0.25) is 0 Å². The molecule has 110 valence electrons. The molecule has 1 saturated heterocycles. The first kappa shape index (κ1) is 13.5. The topological polar surface area (TPSA) is 80.0 Å². The zero-order valence-electron chi connectivity index (χ0n) is 11.7. The van der Waals surface area contributed by atoms with Gasteiger partial charge >= 0.3 is 5.97 Å². The van der Waals surface area contributed by atoms with Gasteiger partial charge in [-0.2, -0.15) is 0 Å². The van der Waals surface area contributed by atoms with Gasteiger partial charge in [0.15, 0.2) is 5.69 Å². The van der Waals surface area contributed by atoms with Gasteiger partial charge in [-0.1, -0.05) is 18.1 Å². The number of carboxylic acid groups (broad SMARTS) is 1. The Kier molecular flexibility index (Phi) is 4.00. The van der Waals surface area contributed by atoms with Crippen molar-refractivity contribution in [2.24, 2.45) is 5.92 Å². The number of piperidine rings is 1. The van der Waals surface area contributed by atoms with Gasteiger partial charge in [0.1, 0.15) is 0 Å². The van der Waals surface area contributed by atoms with E-state index in [4.69, 9.17) is 0 Å². The third-order valence-corrected chi connectivity index (χ3v) is 4.61. The Balaban J connectivity index is 1.86. The Bertz CT molecular complexity index is 474. The van der Waals surface area contributed by atoms with Crippen LogP contribution in [0, 0.1) is 5.92 Å². The molecule has 0 amide bonds. The molecule has 1 aromatic rings. The maximum absolute atomic E-state index is 11.4. The molecular formula is C14H22N4O2. The summed E-state index contributed by atoms with van der Waals surface area (Å²) < 4.78 is 1.88. The van der Waals surface area contributed by atoms with E-state index >= 15 is 0 Å². The number of aromatic nitrogens is 3. The molecule has 20 heavy (non-hydrogen) atoms. The molecule has 1 aliphatic carbocycles. The van der Waals surface area contributed by atoms with Crippen LogP contribution in [0.25, 0.3) is 0 Å². The summed E-state index contributed by atoms with van der Waals surface area (Å²) in [5.74, 6) is -0.0335. The van der Waals surface area contributed by atoms with Crippen LogP contribution in [0.1, 0.15) is 60.6 Å². The first-order valence-electron chi connectivity index (χ1n) is 7.63. The lowest BCUT2D eigenvalue weighted by atomic mass is 9.92. The number of nitrogens with one attached hydrogen (secondary N) is 1. The Hall–Kier alpha value is -1.43. The van der Waals surface area contributed by atoms with Crippen LogP contribution in [0.5, 0.6) is 0 Å². The second kappa shape index (κ2) is 5.91. The molecule has 1 aliphatic heterocycles. The van der Waals surface area contributed by atoms with Crippen LogP contribution < -0.4 is 5.32 Å². The predicted octanol–water partition coefficient (Wildman–Crippen LogP) is 1.63. The van der Waals surface area contributed by atoms with Crippen LogP contribution in [0.2, 0.25) is 0 Å². The number of carboxylic acids is 1. The zero-order chi connectivity index (χ0) is 13.9. The predicted molar refractivity (Wildman–Crippen MR) is 73.8 cm³/mol. The molecular weight excluding hydrogens is 256 g/mol. The van der Waals surface area contributed by atoms with Crippen molar-refractivity contribution in [2.75, 3.05) is 13.1 Å². The summed E-state index contributed by atoms with van der Waals surface area (Å²) in [5, 5.41) is 20.7. The highest BCUT2D eigenvalue weighted by molar-refractivity contribution is 5.86. The van der Waals surface area contributed by atoms with E-state index in [9.17, 15) is 9.90 Å². The highest BCUT2D eigenvalue weighted by Crippen LogP contribution is 2.31. The Morgan fingerprint density at radius 2 is 1.95 bits per heavy atom. The van der Waals surface area contributed by atoms with Crippen LogP contribution in [0.4, 0.5) is 0 Å². The van der Waals surface area contributed by atoms with Gasteiger partial charge in [-0.05, 0) is 44.7 Å². The average Bonchev–Trinajstić information content (AvgIpc) is 3.09. The lowest BCUT2D eigenvalue weighted by molar-refractivity contribution is 0.0688. The molecule has 0 aromatic carbocycles. The van der Waals surface area contributed by atoms with E-state index in [1.54, 1.807) is 0 Å². The fraction of sp³-hybridized carbons (Fsp3) is 0.786. The molecule has 6 nitrogen and oxygen atoms in total. The highest BCUT2D eigenvalue weighted by atomic mass is 16.4. The number of nitrogens with zero attached hydrogens (tertiary/aromatic N) is 3. The fourth-order valence-electron chi connectivity index (χ4n) is 3.54. The van der Waals surface area contributed by atoms with Crippen LogP contribution in [0.3, 0.4) is 0 Å². The summed E-state index contributed by atoms with van der Waals surface area (Å²) in [6, 6.07) is 0. The molecule has 0 atom stereocenters. The van der Waals surface area contributed by atoms with Crippen molar-refractivity contribution >= 4 is 5.97 Å².